The lowest BCUT2D eigenvalue weighted by Gasteiger charge is -2.24. The lowest BCUT2D eigenvalue weighted by Crippen LogP contribution is -2.48. The van der Waals surface area contributed by atoms with E-state index in [9.17, 15) is 18.4 Å². The molecule has 3 aromatic carbocycles. The minimum Gasteiger partial charge on any atom is -0.368 e. The average molecular weight is 378 g/mol. The van der Waals surface area contributed by atoms with Gasteiger partial charge in [-0.2, -0.15) is 0 Å². The largest absolute Gasteiger partial charge is 0.368 e. The Morgan fingerprint density at radius 2 is 1.46 bits per heavy atom. The van der Waals surface area contributed by atoms with Gasteiger partial charge in [0.2, 0.25) is 5.91 Å². The Morgan fingerprint density at radius 1 is 0.893 bits per heavy atom. The third-order valence-corrected chi connectivity index (χ3v) is 4.98. The Balaban J connectivity index is 1.75. The maximum absolute atomic E-state index is 14.0. The van der Waals surface area contributed by atoms with E-state index in [1.807, 2.05) is 48.5 Å². The van der Waals surface area contributed by atoms with E-state index >= 15 is 0 Å². The topological polar surface area (TPSA) is 72.2 Å². The summed E-state index contributed by atoms with van der Waals surface area (Å²) >= 11 is 0. The molecule has 0 radical (unpaired) electrons. The van der Waals surface area contributed by atoms with Crippen LogP contribution < -0.4 is 11.1 Å². The van der Waals surface area contributed by atoms with Crippen molar-refractivity contribution in [2.24, 2.45) is 5.73 Å². The summed E-state index contributed by atoms with van der Waals surface area (Å²) in [5.41, 5.74) is 8.88. The molecule has 3 N–H and O–H groups in total. The van der Waals surface area contributed by atoms with Crippen molar-refractivity contribution in [1.29, 1.82) is 0 Å². The molecule has 0 saturated carbocycles. The van der Waals surface area contributed by atoms with Crippen molar-refractivity contribution in [3.63, 3.8) is 0 Å². The van der Waals surface area contributed by atoms with Gasteiger partial charge in [0.25, 0.3) is 5.91 Å². The predicted octanol–water partition coefficient (Wildman–Crippen LogP) is 3.36. The lowest BCUT2D eigenvalue weighted by atomic mass is 9.88. The van der Waals surface area contributed by atoms with Crippen molar-refractivity contribution in [2.75, 3.05) is 0 Å². The van der Waals surface area contributed by atoms with Crippen molar-refractivity contribution in [2.45, 2.75) is 12.0 Å². The SMILES string of the molecule is NC(=O)[C@H](NC(=O)c1ccc(F)cc1F)C1c2ccccc2-c2ccccc21. The van der Waals surface area contributed by atoms with E-state index < -0.39 is 35.4 Å². The lowest BCUT2D eigenvalue weighted by molar-refractivity contribution is -0.120. The second-order valence-corrected chi connectivity index (χ2v) is 6.63. The van der Waals surface area contributed by atoms with Crippen LogP contribution in [0.4, 0.5) is 8.78 Å². The zero-order valence-electron chi connectivity index (χ0n) is 14.7. The van der Waals surface area contributed by atoms with Crippen molar-refractivity contribution >= 4 is 11.8 Å². The summed E-state index contributed by atoms with van der Waals surface area (Å²) in [5.74, 6) is -3.88. The van der Waals surface area contributed by atoms with Gasteiger partial charge in [0.05, 0.1) is 5.56 Å². The summed E-state index contributed by atoms with van der Waals surface area (Å²) in [5, 5.41) is 2.54. The van der Waals surface area contributed by atoms with Gasteiger partial charge in [-0.3, -0.25) is 9.59 Å². The Labute approximate surface area is 160 Å². The minimum absolute atomic E-state index is 0.354. The number of benzene rings is 3. The van der Waals surface area contributed by atoms with Gasteiger partial charge in [-0.05, 0) is 34.4 Å². The van der Waals surface area contributed by atoms with E-state index in [1.165, 1.54) is 0 Å². The number of primary amides is 1. The molecular formula is C22H16F2N2O2. The van der Waals surface area contributed by atoms with E-state index in [4.69, 9.17) is 5.73 Å². The number of hydrogen-bond acceptors (Lipinski definition) is 2. The molecule has 2 amide bonds. The molecule has 6 heteroatoms. The summed E-state index contributed by atoms with van der Waals surface area (Å²) in [6.45, 7) is 0. The van der Waals surface area contributed by atoms with Crippen LogP contribution in [0, 0.1) is 11.6 Å². The fourth-order valence-electron chi connectivity index (χ4n) is 3.76. The second-order valence-electron chi connectivity index (χ2n) is 6.63. The number of carbonyl (C=O) groups excluding carboxylic acids is 2. The molecule has 0 spiro atoms. The molecule has 0 fully saturated rings. The average Bonchev–Trinajstić information content (AvgIpc) is 3.00. The molecule has 1 aliphatic carbocycles. The van der Waals surface area contributed by atoms with E-state index in [1.54, 1.807) is 0 Å². The van der Waals surface area contributed by atoms with Gasteiger partial charge in [0.15, 0.2) is 0 Å². The molecule has 0 saturated heterocycles. The molecule has 0 heterocycles. The molecule has 0 aromatic heterocycles. The van der Waals surface area contributed by atoms with Crippen LogP contribution in [0.5, 0.6) is 0 Å². The molecule has 4 nitrogen and oxygen atoms in total. The first-order chi connectivity index (χ1) is 13.5. The van der Waals surface area contributed by atoms with Gasteiger partial charge < -0.3 is 11.1 Å². The van der Waals surface area contributed by atoms with Gasteiger partial charge in [0.1, 0.15) is 17.7 Å². The molecule has 28 heavy (non-hydrogen) atoms. The molecule has 1 atom stereocenters. The first-order valence-electron chi connectivity index (χ1n) is 8.71. The van der Waals surface area contributed by atoms with Gasteiger partial charge in [-0.25, -0.2) is 8.78 Å². The first kappa shape index (κ1) is 17.9. The number of nitrogens with two attached hydrogens (primary N) is 1. The van der Waals surface area contributed by atoms with Crippen LogP contribution >= 0.6 is 0 Å². The Kier molecular flexibility index (Phi) is 4.39. The van der Waals surface area contributed by atoms with Gasteiger partial charge in [-0.1, -0.05) is 48.5 Å². The van der Waals surface area contributed by atoms with Crippen molar-refractivity contribution < 1.29 is 18.4 Å². The number of carbonyl (C=O) groups is 2. The van der Waals surface area contributed by atoms with Crippen molar-refractivity contribution in [3.05, 3.63) is 95.1 Å². The highest BCUT2D eigenvalue weighted by molar-refractivity contribution is 5.98. The highest BCUT2D eigenvalue weighted by atomic mass is 19.1. The molecule has 0 bridgehead atoms. The number of hydrogen-bond donors (Lipinski definition) is 2. The maximum Gasteiger partial charge on any atom is 0.254 e. The predicted molar refractivity (Wildman–Crippen MR) is 101 cm³/mol. The third-order valence-electron chi connectivity index (χ3n) is 4.98. The van der Waals surface area contributed by atoms with Crippen molar-refractivity contribution in [1.82, 2.24) is 5.32 Å². The highest BCUT2D eigenvalue weighted by Crippen LogP contribution is 2.46. The number of rotatable bonds is 4. The zero-order valence-corrected chi connectivity index (χ0v) is 14.7. The Bertz CT molecular complexity index is 1050. The Hall–Kier alpha value is -3.54. The third kappa shape index (κ3) is 2.93. The molecule has 140 valence electrons. The van der Waals surface area contributed by atoms with Crippen LogP contribution in [0.3, 0.4) is 0 Å². The summed E-state index contributed by atoms with van der Waals surface area (Å²) in [6.07, 6.45) is 0. The van der Waals surface area contributed by atoms with Crippen LogP contribution in [0.15, 0.2) is 66.7 Å². The summed E-state index contributed by atoms with van der Waals surface area (Å²) in [7, 11) is 0. The van der Waals surface area contributed by atoms with Gasteiger partial charge in [-0.15, -0.1) is 0 Å². The van der Waals surface area contributed by atoms with E-state index in [2.05, 4.69) is 5.32 Å². The minimum atomic E-state index is -1.10. The van der Waals surface area contributed by atoms with Crippen molar-refractivity contribution in [3.8, 4) is 11.1 Å². The summed E-state index contributed by atoms with van der Waals surface area (Å²) < 4.78 is 27.1. The van der Waals surface area contributed by atoms with E-state index in [-0.39, 0.29) is 5.56 Å². The monoisotopic (exact) mass is 378 g/mol. The number of halogens is 2. The fraction of sp³-hybridized carbons (Fsp3) is 0.0909. The molecule has 4 rings (SSSR count). The fourth-order valence-corrected chi connectivity index (χ4v) is 3.76. The first-order valence-corrected chi connectivity index (χ1v) is 8.71. The van der Waals surface area contributed by atoms with Gasteiger partial charge in [0, 0.05) is 12.0 Å². The van der Waals surface area contributed by atoms with Crippen LogP contribution in [-0.2, 0) is 4.79 Å². The van der Waals surface area contributed by atoms with Crippen LogP contribution in [0.2, 0.25) is 0 Å². The zero-order chi connectivity index (χ0) is 19.8. The quantitative estimate of drug-likeness (QED) is 0.731. The van der Waals surface area contributed by atoms with Crippen LogP contribution in [0.1, 0.15) is 27.4 Å². The van der Waals surface area contributed by atoms with Crippen LogP contribution in [0.25, 0.3) is 11.1 Å². The Morgan fingerprint density at radius 3 is 2.00 bits per heavy atom. The summed E-state index contributed by atoms with van der Waals surface area (Å²) in [4.78, 5) is 24.9. The second kappa shape index (κ2) is 6.88. The van der Waals surface area contributed by atoms with E-state index in [0.29, 0.717) is 6.07 Å². The van der Waals surface area contributed by atoms with Crippen LogP contribution in [-0.4, -0.2) is 17.9 Å². The molecule has 1 aliphatic rings. The number of nitrogens with one attached hydrogen (secondary N) is 1. The molecule has 0 unspecified atom stereocenters. The van der Waals surface area contributed by atoms with Gasteiger partial charge >= 0.3 is 0 Å². The molecule has 3 aromatic rings. The number of fused-ring (bicyclic) bond motifs is 3. The normalized spacial score (nSPS) is 13.5. The maximum atomic E-state index is 14.0. The highest BCUT2D eigenvalue weighted by Gasteiger charge is 2.38. The molecule has 0 aliphatic heterocycles. The molecular weight excluding hydrogens is 362 g/mol. The smallest absolute Gasteiger partial charge is 0.254 e. The standard InChI is InChI=1S/C22H16F2N2O2/c23-12-9-10-17(18(24)11-12)22(28)26-20(21(25)27)19-15-7-3-1-5-13(15)14-6-2-4-8-16(14)19/h1-11,19-20H,(H2,25,27)(H,26,28)/t20-/m1/s1. The number of amides is 2. The van der Waals surface area contributed by atoms with E-state index in [0.717, 1.165) is 34.4 Å². The summed E-state index contributed by atoms with van der Waals surface area (Å²) in [6, 6.07) is 16.6.